The van der Waals surface area contributed by atoms with Crippen molar-refractivity contribution in [2.24, 2.45) is 0 Å². The van der Waals surface area contributed by atoms with Gasteiger partial charge in [-0.05, 0) is 47.7 Å². The molecule has 0 spiro atoms. The van der Waals surface area contributed by atoms with Crippen LogP contribution in [0, 0.1) is 11.3 Å². The molecule has 1 aromatic heterocycles. The Balaban J connectivity index is 1.89. The Morgan fingerprint density at radius 2 is 2.00 bits per heavy atom. The molecule has 1 heterocycles. The summed E-state index contributed by atoms with van der Waals surface area (Å²) in [5.74, 6) is 0. The van der Waals surface area contributed by atoms with E-state index in [1.165, 1.54) is 11.8 Å². The summed E-state index contributed by atoms with van der Waals surface area (Å²) in [5, 5.41) is 10.3. The van der Waals surface area contributed by atoms with Gasteiger partial charge < -0.3 is 0 Å². The Hall–Kier alpha value is -1.51. The summed E-state index contributed by atoms with van der Waals surface area (Å²) in [7, 11) is 0. The first kappa shape index (κ1) is 15.4. The number of rotatable bonds is 3. The number of fused-ring (bicyclic) bond motifs is 1. The maximum absolute atomic E-state index is 9.33. The van der Waals surface area contributed by atoms with E-state index in [0.29, 0.717) is 15.0 Å². The number of nitrogens with zero attached hydrogens (tertiary/aromatic N) is 2. The third-order valence-electron chi connectivity index (χ3n) is 2.82. The monoisotopic (exact) mass is 362 g/mol. The normalized spacial score (nSPS) is 11.6. The predicted molar refractivity (Wildman–Crippen MR) is 95.5 cm³/mol. The van der Waals surface area contributed by atoms with E-state index < -0.39 is 0 Å². The van der Waals surface area contributed by atoms with E-state index >= 15 is 0 Å². The summed E-state index contributed by atoms with van der Waals surface area (Å²) in [6.07, 6.45) is 1.78. The molecular formula is C16H8Cl2N2S2. The molecule has 0 aliphatic heterocycles. The third-order valence-corrected chi connectivity index (χ3v) is 5.59. The molecular weight excluding hydrogens is 355 g/mol. The van der Waals surface area contributed by atoms with E-state index in [1.54, 1.807) is 29.5 Å². The average molecular weight is 363 g/mol. The molecule has 2 aromatic carbocycles. The van der Waals surface area contributed by atoms with Crippen molar-refractivity contribution in [2.75, 3.05) is 0 Å². The van der Waals surface area contributed by atoms with E-state index in [9.17, 15) is 5.26 Å². The highest BCUT2D eigenvalue weighted by Gasteiger charge is 2.07. The molecule has 2 nitrogen and oxygen atoms in total. The number of para-hydroxylation sites is 1. The SMILES string of the molecule is N#CC(=Cc1ccc(Cl)c(Cl)c1)Sc1nc2ccccc2s1. The minimum absolute atomic E-state index is 0.470. The van der Waals surface area contributed by atoms with E-state index in [4.69, 9.17) is 23.2 Å². The molecule has 0 radical (unpaired) electrons. The van der Waals surface area contributed by atoms with Crippen molar-refractivity contribution in [1.29, 1.82) is 5.26 Å². The van der Waals surface area contributed by atoms with Gasteiger partial charge in [-0.3, -0.25) is 0 Å². The lowest BCUT2D eigenvalue weighted by Crippen LogP contribution is -1.77. The van der Waals surface area contributed by atoms with Gasteiger partial charge in [-0.25, -0.2) is 4.98 Å². The van der Waals surface area contributed by atoms with E-state index in [1.807, 2.05) is 30.3 Å². The number of allylic oxidation sites excluding steroid dienone is 1. The molecule has 3 rings (SSSR count). The Morgan fingerprint density at radius 1 is 1.18 bits per heavy atom. The van der Waals surface area contributed by atoms with Crippen molar-refractivity contribution >= 4 is 62.6 Å². The van der Waals surface area contributed by atoms with E-state index in [2.05, 4.69) is 11.1 Å². The third kappa shape index (κ3) is 3.45. The van der Waals surface area contributed by atoms with E-state index in [0.717, 1.165) is 20.1 Å². The largest absolute Gasteiger partial charge is 0.229 e. The topological polar surface area (TPSA) is 36.7 Å². The molecule has 108 valence electrons. The minimum atomic E-state index is 0.470. The molecule has 0 amide bonds. The zero-order valence-corrected chi connectivity index (χ0v) is 14.2. The maximum Gasteiger partial charge on any atom is 0.156 e. The summed E-state index contributed by atoms with van der Waals surface area (Å²) in [5.41, 5.74) is 1.78. The summed E-state index contributed by atoms with van der Waals surface area (Å²) in [6.45, 7) is 0. The Labute approximate surface area is 146 Å². The number of hydrogen-bond acceptors (Lipinski definition) is 4. The molecule has 0 bridgehead atoms. The second-order valence-electron chi connectivity index (χ2n) is 4.34. The number of hydrogen-bond donors (Lipinski definition) is 0. The fourth-order valence-corrected chi connectivity index (χ4v) is 4.11. The average Bonchev–Trinajstić information content (AvgIpc) is 2.92. The first-order valence-electron chi connectivity index (χ1n) is 6.26. The first-order valence-corrected chi connectivity index (χ1v) is 8.65. The van der Waals surface area contributed by atoms with Crippen LogP contribution in [0.4, 0.5) is 0 Å². The molecule has 0 atom stereocenters. The zero-order valence-electron chi connectivity index (χ0n) is 11.1. The van der Waals surface area contributed by atoms with Crippen molar-refractivity contribution in [3.8, 4) is 6.07 Å². The van der Waals surface area contributed by atoms with Crippen LogP contribution in [0.1, 0.15) is 5.56 Å². The number of benzene rings is 2. The molecule has 6 heteroatoms. The van der Waals surface area contributed by atoms with Crippen molar-refractivity contribution in [3.05, 3.63) is 63.0 Å². The van der Waals surface area contributed by atoms with Crippen LogP contribution in [0.15, 0.2) is 51.7 Å². The standard InChI is InChI=1S/C16H8Cl2N2S2/c17-12-6-5-10(8-13(12)18)7-11(9-19)21-16-20-14-3-1-2-4-15(14)22-16/h1-8H. The first-order chi connectivity index (χ1) is 10.7. The fourth-order valence-electron chi connectivity index (χ4n) is 1.83. The van der Waals surface area contributed by atoms with Crippen LogP contribution in [0.25, 0.3) is 16.3 Å². The molecule has 0 unspecified atom stereocenters. The van der Waals surface area contributed by atoms with Gasteiger partial charge in [-0.15, -0.1) is 11.3 Å². The molecule has 0 fully saturated rings. The van der Waals surface area contributed by atoms with Gasteiger partial charge in [0.25, 0.3) is 0 Å². The second kappa shape index (κ2) is 6.72. The van der Waals surface area contributed by atoms with Gasteiger partial charge in [0.15, 0.2) is 4.34 Å². The van der Waals surface area contributed by atoms with Crippen molar-refractivity contribution in [3.63, 3.8) is 0 Å². The number of aromatic nitrogens is 1. The smallest absolute Gasteiger partial charge is 0.156 e. The molecule has 0 saturated heterocycles. The summed E-state index contributed by atoms with van der Waals surface area (Å²) < 4.78 is 1.95. The van der Waals surface area contributed by atoms with Crippen LogP contribution in [0.5, 0.6) is 0 Å². The molecule has 0 saturated carbocycles. The van der Waals surface area contributed by atoms with E-state index in [-0.39, 0.29) is 0 Å². The van der Waals surface area contributed by atoms with Crippen molar-refractivity contribution in [2.45, 2.75) is 4.34 Å². The molecule has 3 aromatic rings. The highest BCUT2D eigenvalue weighted by molar-refractivity contribution is 8.05. The van der Waals surface area contributed by atoms with Gasteiger partial charge in [-0.1, -0.05) is 41.4 Å². The van der Waals surface area contributed by atoms with Crippen LogP contribution in [0.2, 0.25) is 10.0 Å². The Morgan fingerprint density at radius 3 is 2.73 bits per heavy atom. The van der Waals surface area contributed by atoms with Crippen LogP contribution >= 0.6 is 46.3 Å². The summed E-state index contributed by atoms with van der Waals surface area (Å²) in [4.78, 5) is 5.07. The number of thiazole rings is 1. The Kier molecular flexibility index (Phi) is 4.70. The van der Waals surface area contributed by atoms with Crippen molar-refractivity contribution < 1.29 is 0 Å². The van der Waals surface area contributed by atoms with Crippen LogP contribution in [-0.4, -0.2) is 4.98 Å². The highest BCUT2D eigenvalue weighted by Crippen LogP contribution is 2.34. The van der Waals surface area contributed by atoms with Gasteiger partial charge in [0.05, 0.1) is 25.2 Å². The molecule has 0 aliphatic carbocycles. The molecule has 0 aliphatic rings. The summed E-state index contributed by atoms with van der Waals surface area (Å²) >= 11 is 14.8. The molecule has 22 heavy (non-hydrogen) atoms. The molecule has 0 N–H and O–H groups in total. The van der Waals surface area contributed by atoms with Crippen LogP contribution in [0.3, 0.4) is 0 Å². The number of thioether (sulfide) groups is 1. The Bertz CT molecular complexity index is 877. The van der Waals surface area contributed by atoms with Crippen LogP contribution < -0.4 is 0 Å². The number of halogens is 2. The van der Waals surface area contributed by atoms with Gasteiger partial charge in [0.2, 0.25) is 0 Å². The van der Waals surface area contributed by atoms with Gasteiger partial charge in [0, 0.05) is 0 Å². The van der Waals surface area contributed by atoms with Crippen molar-refractivity contribution in [1.82, 2.24) is 4.98 Å². The number of nitriles is 1. The lowest BCUT2D eigenvalue weighted by atomic mass is 10.2. The maximum atomic E-state index is 9.33. The fraction of sp³-hybridized carbons (Fsp3) is 0. The van der Waals surface area contributed by atoms with Gasteiger partial charge in [0.1, 0.15) is 6.07 Å². The lowest BCUT2D eigenvalue weighted by molar-refractivity contribution is 1.31. The predicted octanol–water partition coefficient (Wildman–Crippen LogP) is 6.26. The van der Waals surface area contributed by atoms with Gasteiger partial charge in [-0.2, -0.15) is 5.26 Å². The quantitative estimate of drug-likeness (QED) is 0.407. The zero-order chi connectivity index (χ0) is 15.5. The summed E-state index contributed by atoms with van der Waals surface area (Å²) in [6, 6.07) is 15.4. The highest BCUT2D eigenvalue weighted by atomic mass is 35.5. The van der Waals surface area contributed by atoms with Gasteiger partial charge >= 0.3 is 0 Å². The second-order valence-corrected chi connectivity index (χ2v) is 7.48. The lowest BCUT2D eigenvalue weighted by Gasteiger charge is -1.99. The van der Waals surface area contributed by atoms with Crippen LogP contribution in [-0.2, 0) is 0 Å². The minimum Gasteiger partial charge on any atom is -0.229 e.